The van der Waals surface area contributed by atoms with Gasteiger partial charge < -0.3 is 10.0 Å². The van der Waals surface area contributed by atoms with Crippen LogP contribution in [0.25, 0.3) is 0 Å². The van der Waals surface area contributed by atoms with Crippen LogP contribution in [-0.2, 0) is 4.79 Å². The Balaban J connectivity index is 1.84. The van der Waals surface area contributed by atoms with Gasteiger partial charge in [0.1, 0.15) is 0 Å². The third kappa shape index (κ3) is 2.69. The fraction of sp³-hybridized carbons (Fsp3) is 0.909. The van der Waals surface area contributed by atoms with E-state index in [4.69, 9.17) is 0 Å². The summed E-state index contributed by atoms with van der Waals surface area (Å²) >= 11 is 0. The largest absolute Gasteiger partial charge is 0.393 e. The molecule has 1 N–H and O–H groups in total. The van der Waals surface area contributed by atoms with Crippen LogP contribution in [0.5, 0.6) is 0 Å². The van der Waals surface area contributed by atoms with Crippen molar-refractivity contribution in [2.24, 2.45) is 5.92 Å². The molecule has 0 aromatic carbocycles. The number of amides is 1. The molecule has 0 saturated carbocycles. The topological polar surface area (TPSA) is 54.6 Å². The third-order valence-electron chi connectivity index (χ3n) is 3.34. The first-order valence-electron chi connectivity index (χ1n) is 5.87. The molecular formula is C11H19N2O2. The number of aliphatic hydroxyl groups is 1. The highest BCUT2D eigenvalue weighted by molar-refractivity contribution is 5.79. The number of hydrogen-bond acceptors (Lipinski definition) is 2. The predicted molar refractivity (Wildman–Crippen MR) is 56.4 cm³/mol. The molecule has 4 heteroatoms. The molecule has 0 aliphatic carbocycles. The van der Waals surface area contributed by atoms with Gasteiger partial charge in [-0.1, -0.05) is 0 Å². The number of carbonyl (C=O) groups excluding carboxylic acids is 1. The summed E-state index contributed by atoms with van der Waals surface area (Å²) in [5.74, 6) is 0.374. The summed E-state index contributed by atoms with van der Waals surface area (Å²) in [5, 5.41) is 13.7. The van der Waals surface area contributed by atoms with Gasteiger partial charge in [0, 0.05) is 26.2 Å². The molecular weight excluding hydrogens is 192 g/mol. The smallest absolute Gasteiger partial charge is 0.227 e. The van der Waals surface area contributed by atoms with Crippen LogP contribution in [0, 0.1) is 5.92 Å². The fourth-order valence-electron chi connectivity index (χ4n) is 2.33. The molecule has 1 unspecified atom stereocenters. The lowest BCUT2D eigenvalue weighted by molar-refractivity contribution is -0.138. The van der Waals surface area contributed by atoms with Crippen molar-refractivity contribution in [3.8, 4) is 0 Å². The van der Waals surface area contributed by atoms with Gasteiger partial charge in [0.15, 0.2) is 0 Å². The Kier molecular flexibility index (Phi) is 3.59. The van der Waals surface area contributed by atoms with E-state index in [0.29, 0.717) is 6.54 Å². The number of nitrogens with zero attached hydrogens (tertiary/aromatic N) is 2. The number of rotatable bonds is 1. The van der Waals surface area contributed by atoms with E-state index in [0.717, 1.165) is 45.3 Å². The van der Waals surface area contributed by atoms with Crippen LogP contribution in [0.3, 0.4) is 0 Å². The second-order valence-corrected chi connectivity index (χ2v) is 4.53. The molecule has 2 rings (SSSR count). The first-order valence-corrected chi connectivity index (χ1v) is 5.87. The molecule has 2 aliphatic heterocycles. The lowest BCUT2D eigenvalue weighted by Gasteiger charge is -2.33. The SMILES string of the molecule is O=C(C1CCC[N]C1)N1CCC(O)CC1. The molecule has 1 radical (unpaired) electrons. The summed E-state index contributed by atoms with van der Waals surface area (Å²) in [5.41, 5.74) is 0. The maximum Gasteiger partial charge on any atom is 0.227 e. The Hall–Kier alpha value is -0.610. The van der Waals surface area contributed by atoms with E-state index in [2.05, 4.69) is 5.32 Å². The number of hydrogen-bond donors (Lipinski definition) is 1. The molecule has 0 aromatic heterocycles. The van der Waals surface area contributed by atoms with Crippen LogP contribution in [-0.4, -0.2) is 48.2 Å². The predicted octanol–water partition coefficient (Wildman–Crippen LogP) is -0.0159. The van der Waals surface area contributed by atoms with E-state index in [9.17, 15) is 9.90 Å². The molecule has 15 heavy (non-hydrogen) atoms. The van der Waals surface area contributed by atoms with Gasteiger partial charge in [-0.15, -0.1) is 0 Å². The minimum Gasteiger partial charge on any atom is -0.393 e. The van der Waals surface area contributed by atoms with Gasteiger partial charge in [0.05, 0.1) is 12.0 Å². The molecule has 0 spiro atoms. The van der Waals surface area contributed by atoms with Crippen LogP contribution in [0.2, 0.25) is 0 Å². The number of piperidine rings is 2. The maximum absolute atomic E-state index is 12.0. The van der Waals surface area contributed by atoms with Crippen molar-refractivity contribution in [1.82, 2.24) is 10.2 Å². The normalized spacial score (nSPS) is 29.1. The highest BCUT2D eigenvalue weighted by Crippen LogP contribution is 2.18. The number of likely N-dealkylation sites (tertiary alicyclic amines) is 1. The fourth-order valence-corrected chi connectivity index (χ4v) is 2.33. The quantitative estimate of drug-likeness (QED) is 0.663. The van der Waals surface area contributed by atoms with Crippen LogP contribution >= 0.6 is 0 Å². The standard InChI is InChI=1S/C11H19N2O2/c14-10-3-6-13(7-4-10)11(15)9-2-1-5-12-8-9/h9-10,14H,1-8H2. The van der Waals surface area contributed by atoms with E-state index in [1.54, 1.807) is 0 Å². The van der Waals surface area contributed by atoms with Crippen molar-refractivity contribution in [2.75, 3.05) is 26.2 Å². The van der Waals surface area contributed by atoms with Gasteiger partial charge in [-0.2, -0.15) is 0 Å². The van der Waals surface area contributed by atoms with Gasteiger partial charge in [-0.3, -0.25) is 4.79 Å². The summed E-state index contributed by atoms with van der Waals surface area (Å²) < 4.78 is 0. The Morgan fingerprint density at radius 3 is 2.60 bits per heavy atom. The summed E-state index contributed by atoms with van der Waals surface area (Å²) in [6, 6.07) is 0. The second-order valence-electron chi connectivity index (χ2n) is 4.53. The molecule has 2 fully saturated rings. The van der Waals surface area contributed by atoms with E-state index >= 15 is 0 Å². The summed E-state index contributed by atoms with van der Waals surface area (Å²) in [6.45, 7) is 3.06. The lowest BCUT2D eigenvalue weighted by Crippen LogP contribution is -2.45. The molecule has 0 aromatic rings. The summed E-state index contributed by atoms with van der Waals surface area (Å²) in [6.07, 6.45) is 3.30. The second kappa shape index (κ2) is 4.94. The molecule has 2 heterocycles. The zero-order valence-electron chi connectivity index (χ0n) is 9.06. The van der Waals surface area contributed by atoms with Crippen molar-refractivity contribution in [3.63, 3.8) is 0 Å². The van der Waals surface area contributed by atoms with E-state index in [1.807, 2.05) is 4.90 Å². The van der Waals surface area contributed by atoms with Crippen molar-refractivity contribution in [1.29, 1.82) is 0 Å². The van der Waals surface area contributed by atoms with Crippen LogP contribution in [0.15, 0.2) is 0 Å². The third-order valence-corrected chi connectivity index (χ3v) is 3.34. The van der Waals surface area contributed by atoms with Crippen LogP contribution in [0.4, 0.5) is 0 Å². The Labute approximate surface area is 90.6 Å². The molecule has 2 aliphatic rings. The monoisotopic (exact) mass is 211 g/mol. The zero-order valence-corrected chi connectivity index (χ0v) is 9.06. The van der Waals surface area contributed by atoms with Crippen LogP contribution in [0.1, 0.15) is 25.7 Å². The van der Waals surface area contributed by atoms with Crippen molar-refractivity contribution < 1.29 is 9.90 Å². The molecule has 1 atom stereocenters. The zero-order chi connectivity index (χ0) is 10.7. The van der Waals surface area contributed by atoms with Gasteiger partial charge in [-0.05, 0) is 25.7 Å². The van der Waals surface area contributed by atoms with Crippen LogP contribution < -0.4 is 5.32 Å². The summed E-state index contributed by atoms with van der Waals surface area (Å²) in [4.78, 5) is 13.9. The summed E-state index contributed by atoms with van der Waals surface area (Å²) in [7, 11) is 0. The Morgan fingerprint density at radius 2 is 2.00 bits per heavy atom. The maximum atomic E-state index is 12.0. The van der Waals surface area contributed by atoms with Gasteiger partial charge in [0.25, 0.3) is 0 Å². The minimum absolute atomic E-state index is 0.119. The molecule has 1 amide bonds. The first kappa shape index (κ1) is 10.9. The van der Waals surface area contributed by atoms with E-state index < -0.39 is 0 Å². The molecule has 4 nitrogen and oxygen atoms in total. The van der Waals surface area contributed by atoms with E-state index in [1.165, 1.54) is 0 Å². The average molecular weight is 211 g/mol. The average Bonchev–Trinajstić information content (AvgIpc) is 2.30. The van der Waals surface area contributed by atoms with E-state index in [-0.39, 0.29) is 17.9 Å². The first-order chi connectivity index (χ1) is 7.27. The minimum atomic E-state index is -0.204. The molecule has 2 saturated heterocycles. The number of aliphatic hydroxyl groups excluding tert-OH is 1. The highest BCUT2D eigenvalue weighted by atomic mass is 16.3. The van der Waals surface area contributed by atoms with Crippen molar-refractivity contribution >= 4 is 5.91 Å². The molecule has 85 valence electrons. The van der Waals surface area contributed by atoms with Crippen molar-refractivity contribution in [2.45, 2.75) is 31.8 Å². The van der Waals surface area contributed by atoms with Crippen molar-refractivity contribution in [3.05, 3.63) is 0 Å². The lowest BCUT2D eigenvalue weighted by atomic mass is 9.96. The molecule has 0 bridgehead atoms. The Morgan fingerprint density at radius 1 is 1.27 bits per heavy atom. The Bertz CT molecular complexity index is 219. The van der Waals surface area contributed by atoms with Gasteiger partial charge in [0.2, 0.25) is 5.91 Å². The van der Waals surface area contributed by atoms with Gasteiger partial charge in [-0.25, -0.2) is 5.32 Å². The van der Waals surface area contributed by atoms with Gasteiger partial charge >= 0.3 is 0 Å². The highest BCUT2D eigenvalue weighted by Gasteiger charge is 2.28. The number of carbonyl (C=O) groups is 1.